The summed E-state index contributed by atoms with van der Waals surface area (Å²) in [5.41, 5.74) is 1.96. The van der Waals surface area contributed by atoms with E-state index >= 15 is 0 Å². The molecule has 0 radical (unpaired) electrons. The number of hydrogen-bond acceptors (Lipinski definition) is 6. The van der Waals surface area contributed by atoms with E-state index in [2.05, 4.69) is 25.9 Å². The minimum atomic E-state index is -0.386. The Morgan fingerprint density at radius 3 is 2.37 bits per heavy atom. The van der Waals surface area contributed by atoms with E-state index in [1.165, 1.54) is 0 Å². The van der Waals surface area contributed by atoms with Crippen LogP contribution in [0.4, 0.5) is 11.8 Å². The molecule has 0 bridgehead atoms. The molecule has 1 aliphatic carbocycles. The maximum atomic E-state index is 12.8. The average Bonchev–Trinajstić information content (AvgIpc) is 2.72. The number of anilines is 2. The van der Waals surface area contributed by atoms with Crippen LogP contribution in [0, 0.1) is 6.92 Å². The number of aryl methyl sites for hydroxylation is 1. The lowest BCUT2D eigenvalue weighted by atomic mass is 9.91. The Morgan fingerprint density at radius 2 is 1.77 bits per heavy atom. The van der Waals surface area contributed by atoms with Gasteiger partial charge in [0.2, 0.25) is 11.9 Å². The lowest BCUT2D eigenvalue weighted by molar-refractivity contribution is -0.124. The Kier molecular flexibility index (Phi) is 7.50. The number of carbonyl (C=O) groups is 1. The molecule has 1 unspecified atom stereocenters. The zero-order valence-corrected chi connectivity index (χ0v) is 18.8. The van der Waals surface area contributed by atoms with Crippen LogP contribution in [0.15, 0.2) is 30.5 Å². The van der Waals surface area contributed by atoms with E-state index in [4.69, 9.17) is 11.6 Å². The van der Waals surface area contributed by atoms with Crippen molar-refractivity contribution in [3.8, 4) is 0 Å². The normalized spacial score (nSPS) is 19.8. The summed E-state index contributed by atoms with van der Waals surface area (Å²) >= 11 is 5.96. The van der Waals surface area contributed by atoms with Crippen molar-refractivity contribution in [2.45, 2.75) is 50.7 Å². The number of hydrogen-bond donors (Lipinski definition) is 3. The highest BCUT2D eigenvalue weighted by atomic mass is 35.5. The molecule has 1 aromatic heterocycles. The standard InChI is InChI=1S/C22H31ClN6O/c1-14-13-25-22(28-20(14)29(3)4)27-18-11-9-17(10-12-18)26-21(30)19(24-2)15-5-7-16(23)8-6-15/h5-8,13,17-19,24H,9-12H2,1-4H3,(H,26,30)(H,25,27,28). The van der Waals surface area contributed by atoms with Crippen molar-refractivity contribution in [1.82, 2.24) is 20.6 Å². The minimum absolute atomic E-state index is 0.00581. The molecule has 3 rings (SSSR count). The van der Waals surface area contributed by atoms with Crippen molar-refractivity contribution in [2.75, 3.05) is 31.4 Å². The van der Waals surface area contributed by atoms with Crippen molar-refractivity contribution in [1.29, 1.82) is 0 Å². The highest BCUT2D eigenvalue weighted by Crippen LogP contribution is 2.24. The highest BCUT2D eigenvalue weighted by Gasteiger charge is 2.26. The van der Waals surface area contributed by atoms with E-state index < -0.39 is 0 Å². The summed E-state index contributed by atoms with van der Waals surface area (Å²) < 4.78 is 0. The zero-order chi connectivity index (χ0) is 21.7. The number of amides is 1. The first kappa shape index (κ1) is 22.3. The molecule has 3 N–H and O–H groups in total. The molecule has 8 heteroatoms. The fourth-order valence-corrected chi connectivity index (χ4v) is 4.03. The molecule has 7 nitrogen and oxygen atoms in total. The van der Waals surface area contributed by atoms with Gasteiger partial charge < -0.3 is 20.9 Å². The molecule has 1 fully saturated rings. The predicted molar refractivity (Wildman–Crippen MR) is 122 cm³/mol. The van der Waals surface area contributed by atoms with Gasteiger partial charge in [0.15, 0.2) is 0 Å². The number of rotatable bonds is 7. The minimum Gasteiger partial charge on any atom is -0.362 e. The summed E-state index contributed by atoms with van der Waals surface area (Å²) in [7, 11) is 5.76. The van der Waals surface area contributed by atoms with Crippen LogP contribution in [0.25, 0.3) is 0 Å². The van der Waals surface area contributed by atoms with Gasteiger partial charge >= 0.3 is 0 Å². The third-order valence-electron chi connectivity index (χ3n) is 5.53. The molecule has 1 heterocycles. The second-order valence-corrected chi connectivity index (χ2v) is 8.51. The SMILES string of the molecule is CNC(C(=O)NC1CCC(Nc2ncc(C)c(N(C)C)n2)CC1)c1ccc(Cl)cc1. The van der Waals surface area contributed by atoms with Gasteiger partial charge in [0.1, 0.15) is 11.9 Å². The third kappa shape index (κ3) is 5.61. The number of halogens is 1. The molecule has 1 saturated carbocycles. The first-order valence-electron chi connectivity index (χ1n) is 10.4. The topological polar surface area (TPSA) is 82.2 Å². The van der Waals surface area contributed by atoms with Crippen LogP contribution < -0.4 is 20.9 Å². The van der Waals surface area contributed by atoms with E-state index in [0.717, 1.165) is 42.6 Å². The van der Waals surface area contributed by atoms with E-state index in [-0.39, 0.29) is 18.0 Å². The smallest absolute Gasteiger partial charge is 0.241 e. The molecule has 162 valence electrons. The lowest BCUT2D eigenvalue weighted by Gasteiger charge is -2.31. The van der Waals surface area contributed by atoms with E-state index in [1.807, 2.05) is 44.2 Å². The summed E-state index contributed by atoms with van der Waals surface area (Å²) in [4.78, 5) is 23.8. The fraction of sp³-hybridized carbons (Fsp3) is 0.500. The van der Waals surface area contributed by atoms with Gasteiger partial charge in [0, 0.05) is 43.0 Å². The number of nitrogens with zero attached hydrogens (tertiary/aromatic N) is 3. The van der Waals surface area contributed by atoms with Crippen molar-refractivity contribution in [3.63, 3.8) is 0 Å². The van der Waals surface area contributed by atoms with Gasteiger partial charge in [-0.3, -0.25) is 4.79 Å². The van der Waals surface area contributed by atoms with E-state index in [9.17, 15) is 4.79 Å². The molecule has 1 aliphatic rings. The average molecular weight is 431 g/mol. The second-order valence-electron chi connectivity index (χ2n) is 8.07. The van der Waals surface area contributed by atoms with Gasteiger partial charge in [-0.15, -0.1) is 0 Å². The molecule has 30 heavy (non-hydrogen) atoms. The Balaban J connectivity index is 1.52. The number of benzene rings is 1. The number of nitrogens with one attached hydrogen (secondary N) is 3. The van der Waals surface area contributed by atoms with Gasteiger partial charge in [-0.05, 0) is 57.4 Å². The van der Waals surface area contributed by atoms with Gasteiger partial charge in [-0.1, -0.05) is 23.7 Å². The number of aromatic nitrogens is 2. The summed E-state index contributed by atoms with van der Waals surface area (Å²) in [6.45, 7) is 2.01. The van der Waals surface area contributed by atoms with Crippen molar-refractivity contribution in [3.05, 3.63) is 46.6 Å². The van der Waals surface area contributed by atoms with E-state index in [1.54, 1.807) is 19.2 Å². The monoisotopic (exact) mass is 430 g/mol. The van der Waals surface area contributed by atoms with Crippen LogP contribution in [0.2, 0.25) is 5.02 Å². The van der Waals surface area contributed by atoms with Gasteiger partial charge in [-0.2, -0.15) is 4.98 Å². The third-order valence-corrected chi connectivity index (χ3v) is 5.78. The lowest BCUT2D eigenvalue weighted by Crippen LogP contribution is -2.44. The predicted octanol–water partition coefficient (Wildman–Crippen LogP) is 3.30. The highest BCUT2D eigenvalue weighted by molar-refractivity contribution is 6.30. The molecular weight excluding hydrogens is 400 g/mol. The largest absolute Gasteiger partial charge is 0.362 e. The Morgan fingerprint density at radius 1 is 1.13 bits per heavy atom. The van der Waals surface area contributed by atoms with Crippen molar-refractivity contribution >= 4 is 29.3 Å². The zero-order valence-electron chi connectivity index (χ0n) is 18.1. The summed E-state index contributed by atoms with van der Waals surface area (Å²) in [5, 5.41) is 10.4. The maximum absolute atomic E-state index is 12.8. The first-order chi connectivity index (χ1) is 14.4. The Bertz CT molecular complexity index is 849. The number of carbonyl (C=O) groups excluding carboxylic acids is 1. The Hall–Kier alpha value is -2.38. The quantitative estimate of drug-likeness (QED) is 0.625. The molecule has 0 saturated heterocycles. The second kappa shape index (κ2) is 10.1. The molecule has 1 aromatic carbocycles. The van der Waals surface area contributed by atoms with Gasteiger partial charge in [-0.25, -0.2) is 4.98 Å². The van der Waals surface area contributed by atoms with Gasteiger partial charge in [0.05, 0.1) is 0 Å². The van der Waals surface area contributed by atoms with Crippen LogP contribution in [0.5, 0.6) is 0 Å². The van der Waals surface area contributed by atoms with Crippen LogP contribution in [-0.2, 0) is 4.79 Å². The van der Waals surface area contributed by atoms with Gasteiger partial charge in [0.25, 0.3) is 0 Å². The molecule has 0 aliphatic heterocycles. The maximum Gasteiger partial charge on any atom is 0.241 e. The van der Waals surface area contributed by atoms with Crippen molar-refractivity contribution in [2.24, 2.45) is 0 Å². The van der Waals surface area contributed by atoms with Crippen molar-refractivity contribution < 1.29 is 4.79 Å². The summed E-state index contributed by atoms with van der Waals surface area (Å²) in [6.07, 6.45) is 5.63. The van der Waals surface area contributed by atoms with Crippen LogP contribution in [0.3, 0.4) is 0 Å². The molecule has 0 spiro atoms. The van der Waals surface area contributed by atoms with Crippen LogP contribution in [-0.4, -0.2) is 49.1 Å². The summed E-state index contributed by atoms with van der Waals surface area (Å²) in [6, 6.07) is 7.48. The fourth-order valence-electron chi connectivity index (χ4n) is 3.91. The number of likely N-dealkylation sites (N-methyl/N-ethyl adjacent to an activating group) is 1. The Labute approximate surface area is 183 Å². The van der Waals surface area contributed by atoms with E-state index in [0.29, 0.717) is 17.0 Å². The summed E-state index contributed by atoms with van der Waals surface area (Å²) in [5.74, 6) is 1.58. The molecular formula is C22H31ClN6O. The molecule has 1 atom stereocenters. The van der Waals surface area contributed by atoms with Crippen LogP contribution in [0.1, 0.15) is 42.9 Å². The first-order valence-corrected chi connectivity index (χ1v) is 10.8. The van der Waals surface area contributed by atoms with Crippen LogP contribution >= 0.6 is 11.6 Å². The molecule has 1 amide bonds. The molecule has 2 aromatic rings.